The van der Waals surface area contributed by atoms with E-state index in [-0.39, 0.29) is 0 Å². The van der Waals surface area contributed by atoms with Crippen LogP contribution in [0.25, 0.3) is 29.4 Å². The van der Waals surface area contributed by atoms with Crippen molar-refractivity contribution in [1.29, 1.82) is 0 Å². The maximum atomic E-state index is 4.44. The van der Waals surface area contributed by atoms with Crippen molar-refractivity contribution in [3.63, 3.8) is 0 Å². The summed E-state index contributed by atoms with van der Waals surface area (Å²) in [6, 6.07) is 14.2. The Morgan fingerprint density at radius 2 is 1.77 bits per heavy atom. The van der Waals surface area contributed by atoms with Gasteiger partial charge in [0.2, 0.25) is 0 Å². The zero-order valence-electron chi connectivity index (χ0n) is 13.5. The zero-order valence-corrected chi connectivity index (χ0v) is 13.5. The summed E-state index contributed by atoms with van der Waals surface area (Å²) in [7, 11) is 0. The van der Waals surface area contributed by atoms with Crippen LogP contribution in [0.5, 0.6) is 0 Å². The molecular formula is C20H22N2. The molecule has 2 heteroatoms. The van der Waals surface area contributed by atoms with Crippen LogP contribution < -0.4 is 10.6 Å². The van der Waals surface area contributed by atoms with Gasteiger partial charge in [-0.3, -0.25) is 4.57 Å². The van der Waals surface area contributed by atoms with Crippen LogP contribution in [0.4, 0.5) is 0 Å². The highest BCUT2D eigenvalue weighted by atomic mass is 15.1. The molecule has 0 aliphatic carbocycles. The first-order valence-electron chi connectivity index (χ1n) is 7.65. The second-order valence-corrected chi connectivity index (χ2v) is 4.59. The van der Waals surface area contributed by atoms with Crippen molar-refractivity contribution >= 4 is 23.6 Å². The van der Waals surface area contributed by atoms with Crippen LogP contribution in [0.15, 0.2) is 60.8 Å². The number of rotatable bonds is 2. The molecule has 2 nitrogen and oxygen atoms in total. The van der Waals surface area contributed by atoms with Crippen LogP contribution >= 0.6 is 0 Å². The Balaban J connectivity index is 0.000000847. The molecule has 0 aliphatic rings. The molecule has 22 heavy (non-hydrogen) atoms. The molecule has 0 saturated heterocycles. The maximum absolute atomic E-state index is 4.44. The summed E-state index contributed by atoms with van der Waals surface area (Å²) in [4.78, 5) is 4.44. The summed E-state index contributed by atoms with van der Waals surface area (Å²) < 4.78 is 2.10. The second-order valence-electron chi connectivity index (χ2n) is 4.59. The van der Waals surface area contributed by atoms with E-state index in [1.807, 2.05) is 57.2 Å². The number of aromatic nitrogens is 2. The lowest BCUT2D eigenvalue weighted by atomic mass is 10.2. The fourth-order valence-electron chi connectivity index (χ4n) is 2.44. The Labute approximate surface area is 131 Å². The largest absolute Gasteiger partial charge is 0.294 e. The first-order valence-corrected chi connectivity index (χ1v) is 7.65. The number of nitrogens with zero attached hydrogens (tertiary/aromatic N) is 2. The van der Waals surface area contributed by atoms with E-state index in [2.05, 4.69) is 40.4 Å². The molecular weight excluding hydrogens is 268 g/mol. The van der Waals surface area contributed by atoms with Crippen molar-refractivity contribution in [3.8, 4) is 5.82 Å². The fourth-order valence-corrected chi connectivity index (χ4v) is 2.44. The summed E-state index contributed by atoms with van der Waals surface area (Å²) in [6.07, 6.45) is 7.97. The highest BCUT2D eigenvalue weighted by molar-refractivity contribution is 5.83. The molecule has 3 rings (SSSR count). The first kappa shape index (κ1) is 15.8. The third-order valence-corrected chi connectivity index (χ3v) is 3.35. The minimum Gasteiger partial charge on any atom is -0.294 e. The third kappa shape index (κ3) is 2.86. The number of pyridine rings is 1. The zero-order chi connectivity index (χ0) is 15.9. The van der Waals surface area contributed by atoms with Crippen molar-refractivity contribution in [3.05, 3.63) is 71.4 Å². The van der Waals surface area contributed by atoms with E-state index in [0.29, 0.717) is 0 Å². The molecule has 0 bridgehead atoms. The molecule has 0 N–H and O–H groups in total. The minimum atomic E-state index is 0.897. The van der Waals surface area contributed by atoms with Gasteiger partial charge in [-0.1, -0.05) is 62.9 Å². The van der Waals surface area contributed by atoms with E-state index in [4.69, 9.17) is 0 Å². The molecule has 1 aromatic carbocycles. The van der Waals surface area contributed by atoms with Crippen molar-refractivity contribution in [2.45, 2.75) is 20.8 Å². The Bertz CT molecular complexity index is 871. The Kier molecular flexibility index (Phi) is 5.31. The molecule has 2 heterocycles. The summed E-state index contributed by atoms with van der Waals surface area (Å²) in [6.45, 7) is 10.3. The molecule has 0 amide bonds. The molecule has 0 aliphatic heterocycles. The quantitative estimate of drug-likeness (QED) is 0.701. The SMILES string of the molecule is C=c1/c(=C\C=C/C)c2ccccc2n1-c1ccccn1.CC. The van der Waals surface area contributed by atoms with Crippen molar-refractivity contribution < 1.29 is 0 Å². The van der Waals surface area contributed by atoms with Crippen LogP contribution in [0.1, 0.15) is 20.8 Å². The van der Waals surface area contributed by atoms with E-state index < -0.39 is 0 Å². The molecule has 0 radical (unpaired) electrons. The van der Waals surface area contributed by atoms with E-state index in [1.54, 1.807) is 6.20 Å². The number of benzene rings is 1. The van der Waals surface area contributed by atoms with E-state index in [1.165, 1.54) is 5.39 Å². The van der Waals surface area contributed by atoms with Gasteiger partial charge in [-0.2, -0.15) is 0 Å². The highest BCUT2D eigenvalue weighted by Gasteiger charge is 2.07. The van der Waals surface area contributed by atoms with Crippen molar-refractivity contribution in [2.24, 2.45) is 0 Å². The first-order chi connectivity index (χ1) is 10.8. The van der Waals surface area contributed by atoms with Gasteiger partial charge in [0.15, 0.2) is 0 Å². The molecule has 0 atom stereocenters. The topological polar surface area (TPSA) is 17.8 Å². The maximum Gasteiger partial charge on any atom is 0.137 e. The van der Waals surface area contributed by atoms with Gasteiger partial charge < -0.3 is 0 Å². The normalized spacial score (nSPS) is 11.7. The van der Waals surface area contributed by atoms with Gasteiger partial charge in [-0.25, -0.2) is 4.98 Å². The number of hydrogen-bond acceptors (Lipinski definition) is 1. The van der Waals surface area contributed by atoms with Crippen LogP contribution in [0, 0.1) is 0 Å². The smallest absolute Gasteiger partial charge is 0.137 e. The van der Waals surface area contributed by atoms with E-state index in [9.17, 15) is 0 Å². The molecule has 2 aromatic heterocycles. The van der Waals surface area contributed by atoms with Gasteiger partial charge in [0, 0.05) is 22.2 Å². The van der Waals surface area contributed by atoms with Crippen molar-refractivity contribution in [2.75, 3.05) is 0 Å². The van der Waals surface area contributed by atoms with Gasteiger partial charge in [-0.15, -0.1) is 0 Å². The Morgan fingerprint density at radius 1 is 1.05 bits per heavy atom. The Hall–Kier alpha value is -2.61. The van der Waals surface area contributed by atoms with Crippen LogP contribution in [0.2, 0.25) is 0 Å². The van der Waals surface area contributed by atoms with Gasteiger partial charge in [0.1, 0.15) is 5.82 Å². The van der Waals surface area contributed by atoms with Crippen LogP contribution in [0.3, 0.4) is 0 Å². The minimum absolute atomic E-state index is 0.897. The molecule has 0 saturated carbocycles. The standard InChI is InChI=1S/C18H16N2.C2H6/c1-3-4-9-15-14(2)20(18-12-7-8-13-19-18)17-11-6-5-10-16(15)17;1-2/h3-13H,2H2,1H3;1-2H3/b4-3-,15-9+;. The van der Waals surface area contributed by atoms with E-state index >= 15 is 0 Å². The lowest BCUT2D eigenvalue weighted by molar-refractivity contribution is 1.01. The van der Waals surface area contributed by atoms with Crippen LogP contribution in [-0.2, 0) is 0 Å². The average Bonchev–Trinajstić information content (AvgIpc) is 2.87. The van der Waals surface area contributed by atoms with Gasteiger partial charge in [0.05, 0.1) is 5.52 Å². The fraction of sp³-hybridized carbons (Fsp3) is 0.150. The second kappa shape index (κ2) is 7.41. The Morgan fingerprint density at radius 3 is 2.45 bits per heavy atom. The summed E-state index contributed by atoms with van der Waals surface area (Å²) in [5.41, 5.74) is 1.13. The summed E-state index contributed by atoms with van der Waals surface area (Å²) in [5, 5.41) is 3.30. The number of hydrogen-bond donors (Lipinski definition) is 0. The van der Waals surface area contributed by atoms with Gasteiger partial charge >= 0.3 is 0 Å². The highest BCUT2D eigenvalue weighted by Crippen LogP contribution is 2.12. The molecule has 112 valence electrons. The van der Waals surface area contributed by atoms with E-state index in [0.717, 1.165) is 21.9 Å². The average molecular weight is 290 g/mol. The lowest BCUT2D eigenvalue weighted by Crippen LogP contribution is -2.26. The van der Waals surface area contributed by atoms with Gasteiger partial charge in [0.25, 0.3) is 0 Å². The molecule has 0 fully saturated rings. The summed E-state index contributed by atoms with van der Waals surface area (Å²) >= 11 is 0. The summed E-state index contributed by atoms with van der Waals surface area (Å²) in [5.74, 6) is 0.897. The van der Waals surface area contributed by atoms with Crippen molar-refractivity contribution in [1.82, 2.24) is 9.55 Å². The predicted octanol–water partition coefficient (Wildman–Crippen LogP) is 3.82. The van der Waals surface area contributed by atoms with Crippen LogP contribution in [-0.4, -0.2) is 9.55 Å². The molecule has 0 spiro atoms. The molecule has 0 unspecified atom stereocenters. The monoisotopic (exact) mass is 290 g/mol. The lowest BCUT2D eigenvalue weighted by Gasteiger charge is -2.03. The number of fused-ring (bicyclic) bond motifs is 1. The number of allylic oxidation sites excluding steroid dienone is 2. The number of para-hydroxylation sites is 1. The molecule has 3 aromatic rings. The van der Waals surface area contributed by atoms with Gasteiger partial charge in [-0.05, 0) is 25.1 Å². The third-order valence-electron chi connectivity index (χ3n) is 3.35. The predicted molar refractivity (Wildman–Crippen MR) is 96.5 cm³/mol.